The number of carbonyl (C=O) groups is 1. The molecule has 1 saturated heterocycles. The van der Waals surface area contributed by atoms with Crippen molar-refractivity contribution < 1.29 is 9.90 Å². The van der Waals surface area contributed by atoms with Crippen molar-refractivity contribution in [3.05, 3.63) is 34.9 Å². The first-order valence-corrected chi connectivity index (χ1v) is 8.16. The number of amides is 1. The number of nitrogens with one attached hydrogen (secondary N) is 1. The zero-order chi connectivity index (χ0) is 16.3. The fourth-order valence-corrected chi connectivity index (χ4v) is 3.36. The topological polar surface area (TPSA) is 52.6 Å². The normalized spacial score (nSPS) is 20.4. The molecule has 0 aliphatic carbocycles. The first-order valence-electron chi connectivity index (χ1n) is 8.16. The summed E-state index contributed by atoms with van der Waals surface area (Å²) in [6.45, 7) is 9.14. The average molecular weight is 304 g/mol. The maximum Gasteiger partial charge on any atom is 0.251 e. The summed E-state index contributed by atoms with van der Waals surface area (Å²) in [6, 6.07) is 5.99. The van der Waals surface area contributed by atoms with Crippen molar-refractivity contribution in [2.45, 2.75) is 39.2 Å². The van der Waals surface area contributed by atoms with E-state index in [1.54, 1.807) is 7.05 Å². The van der Waals surface area contributed by atoms with Crippen LogP contribution in [0.4, 0.5) is 0 Å². The number of nitrogens with zero attached hydrogens (tertiary/aromatic N) is 1. The lowest BCUT2D eigenvalue weighted by atomic mass is 9.84. The van der Waals surface area contributed by atoms with Gasteiger partial charge < -0.3 is 15.3 Å². The molecule has 122 valence electrons. The van der Waals surface area contributed by atoms with E-state index in [-0.39, 0.29) is 12.0 Å². The van der Waals surface area contributed by atoms with Crippen LogP contribution in [0.3, 0.4) is 0 Å². The minimum absolute atomic E-state index is 0.0292. The SMILES string of the molecule is CNC(=O)c1cccc([C@@H](CN2CC[C@H](O)C2)C(C)C)c1C. The maximum atomic E-state index is 12.0. The zero-order valence-electron chi connectivity index (χ0n) is 14.1. The molecule has 1 aliphatic heterocycles. The van der Waals surface area contributed by atoms with Crippen LogP contribution in [0.15, 0.2) is 18.2 Å². The summed E-state index contributed by atoms with van der Waals surface area (Å²) in [4.78, 5) is 14.3. The molecule has 4 nitrogen and oxygen atoms in total. The van der Waals surface area contributed by atoms with Gasteiger partial charge in [-0.3, -0.25) is 4.79 Å². The second kappa shape index (κ2) is 7.25. The fraction of sp³-hybridized carbons (Fsp3) is 0.611. The van der Waals surface area contributed by atoms with Crippen molar-refractivity contribution in [2.24, 2.45) is 5.92 Å². The van der Waals surface area contributed by atoms with Gasteiger partial charge in [0.2, 0.25) is 0 Å². The Balaban J connectivity index is 2.27. The van der Waals surface area contributed by atoms with Crippen molar-refractivity contribution in [3.63, 3.8) is 0 Å². The van der Waals surface area contributed by atoms with E-state index in [4.69, 9.17) is 0 Å². The molecule has 1 aromatic carbocycles. The lowest BCUT2D eigenvalue weighted by Crippen LogP contribution is -2.30. The highest BCUT2D eigenvalue weighted by atomic mass is 16.3. The molecule has 0 radical (unpaired) electrons. The molecule has 0 aromatic heterocycles. The Labute approximate surface area is 133 Å². The van der Waals surface area contributed by atoms with Gasteiger partial charge in [0.15, 0.2) is 0 Å². The summed E-state index contributed by atoms with van der Waals surface area (Å²) in [5, 5.41) is 12.4. The minimum atomic E-state index is -0.189. The number of likely N-dealkylation sites (tertiary alicyclic amines) is 1. The largest absolute Gasteiger partial charge is 0.392 e. The molecular formula is C18H28N2O2. The number of aliphatic hydroxyl groups excluding tert-OH is 1. The van der Waals surface area contributed by atoms with Crippen molar-refractivity contribution in [1.82, 2.24) is 10.2 Å². The molecule has 4 heteroatoms. The minimum Gasteiger partial charge on any atom is -0.392 e. The summed E-state index contributed by atoms with van der Waals surface area (Å²) in [6.07, 6.45) is 0.674. The molecule has 1 fully saturated rings. The van der Waals surface area contributed by atoms with Crippen LogP contribution in [0.2, 0.25) is 0 Å². The maximum absolute atomic E-state index is 12.0. The predicted octanol–water partition coefficient (Wildman–Crippen LogP) is 2.16. The number of hydrogen-bond acceptors (Lipinski definition) is 3. The van der Waals surface area contributed by atoms with Crippen LogP contribution in [0, 0.1) is 12.8 Å². The Morgan fingerprint density at radius 1 is 1.45 bits per heavy atom. The lowest BCUT2D eigenvalue weighted by Gasteiger charge is -2.28. The molecule has 0 bridgehead atoms. The van der Waals surface area contributed by atoms with Gasteiger partial charge in [-0.2, -0.15) is 0 Å². The van der Waals surface area contributed by atoms with Crippen molar-refractivity contribution >= 4 is 5.91 Å². The zero-order valence-corrected chi connectivity index (χ0v) is 14.1. The number of rotatable bonds is 5. The van der Waals surface area contributed by atoms with E-state index in [0.717, 1.165) is 37.2 Å². The summed E-state index contributed by atoms with van der Waals surface area (Å²) < 4.78 is 0. The molecule has 22 heavy (non-hydrogen) atoms. The molecule has 2 rings (SSSR count). The molecule has 1 heterocycles. The van der Waals surface area contributed by atoms with Crippen molar-refractivity contribution in [1.29, 1.82) is 0 Å². The molecule has 1 amide bonds. The van der Waals surface area contributed by atoms with Crippen molar-refractivity contribution in [2.75, 3.05) is 26.7 Å². The van der Waals surface area contributed by atoms with E-state index in [9.17, 15) is 9.90 Å². The monoisotopic (exact) mass is 304 g/mol. The van der Waals surface area contributed by atoms with Gasteiger partial charge in [-0.1, -0.05) is 26.0 Å². The Bertz CT molecular complexity index is 528. The third-order valence-corrected chi connectivity index (χ3v) is 4.75. The van der Waals surface area contributed by atoms with Gasteiger partial charge in [0, 0.05) is 32.2 Å². The number of carbonyl (C=O) groups excluding carboxylic acids is 1. The van der Waals surface area contributed by atoms with Gasteiger partial charge in [0.05, 0.1) is 6.10 Å². The van der Waals surface area contributed by atoms with Gasteiger partial charge in [-0.05, 0) is 42.4 Å². The van der Waals surface area contributed by atoms with E-state index >= 15 is 0 Å². The summed E-state index contributed by atoms with van der Waals surface area (Å²) in [5.74, 6) is 0.824. The van der Waals surface area contributed by atoms with E-state index in [1.165, 1.54) is 5.56 Å². The smallest absolute Gasteiger partial charge is 0.251 e. The quantitative estimate of drug-likeness (QED) is 0.876. The Morgan fingerprint density at radius 3 is 2.73 bits per heavy atom. The van der Waals surface area contributed by atoms with E-state index in [1.807, 2.05) is 19.1 Å². The summed E-state index contributed by atoms with van der Waals surface area (Å²) in [5.41, 5.74) is 3.07. The first-order chi connectivity index (χ1) is 10.4. The van der Waals surface area contributed by atoms with E-state index < -0.39 is 0 Å². The second-order valence-electron chi connectivity index (χ2n) is 6.65. The predicted molar refractivity (Wildman–Crippen MR) is 89.2 cm³/mol. The van der Waals surface area contributed by atoms with Crippen LogP contribution < -0.4 is 5.32 Å². The summed E-state index contributed by atoms with van der Waals surface area (Å²) >= 11 is 0. The molecule has 1 aliphatic rings. The Hall–Kier alpha value is -1.39. The van der Waals surface area contributed by atoms with Gasteiger partial charge in [-0.15, -0.1) is 0 Å². The molecule has 2 N–H and O–H groups in total. The highest BCUT2D eigenvalue weighted by molar-refractivity contribution is 5.95. The fourth-order valence-electron chi connectivity index (χ4n) is 3.36. The number of benzene rings is 1. The van der Waals surface area contributed by atoms with E-state index in [2.05, 4.69) is 30.1 Å². The Kier molecular flexibility index (Phi) is 5.59. The van der Waals surface area contributed by atoms with E-state index in [0.29, 0.717) is 11.8 Å². The van der Waals surface area contributed by atoms with Crippen LogP contribution in [0.1, 0.15) is 47.7 Å². The number of aliphatic hydroxyl groups is 1. The molecule has 0 spiro atoms. The van der Waals surface area contributed by atoms with Crippen LogP contribution >= 0.6 is 0 Å². The third kappa shape index (κ3) is 3.68. The van der Waals surface area contributed by atoms with Gasteiger partial charge >= 0.3 is 0 Å². The lowest BCUT2D eigenvalue weighted by molar-refractivity contribution is 0.0962. The molecular weight excluding hydrogens is 276 g/mol. The van der Waals surface area contributed by atoms with Crippen molar-refractivity contribution in [3.8, 4) is 0 Å². The van der Waals surface area contributed by atoms with Gasteiger partial charge in [-0.25, -0.2) is 0 Å². The standard InChI is InChI=1S/C18H28N2O2/c1-12(2)17(11-20-9-8-14(21)10-20)15-6-5-7-16(13(15)3)18(22)19-4/h5-7,12,14,17,21H,8-11H2,1-4H3,(H,19,22)/t14-,17-/m0/s1. The first kappa shape index (κ1) is 17.0. The molecule has 2 atom stereocenters. The number of hydrogen-bond donors (Lipinski definition) is 2. The summed E-state index contributed by atoms with van der Waals surface area (Å²) in [7, 11) is 1.67. The average Bonchev–Trinajstić information content (AvgIpc) is 2.90. The van der Waals surface area contributed by atoms with Crippen LogP contribution in [-0.4, -0.2) is 48.7 Å². The van der Waals surface area contributed by atoms with Crippen LogP contribution in [-0.2, 0) is 0 Å². The highest BCUT2D eigenvalue weighted by Crippen LogP contribution is 2.30. The van der Waals surface area contributed by atoms with Crippen LogP contribution in [0.25, 0.3) is 0 Å². The van der Waals surface area contributed by atoms with Gasteiger partial charge in [0.25, 0.3) is 5.91 Å². The second-order valence-corrected chi connectivity index (χ2v) is 6.65. The van der Waals surface area contributed by atoms with Gasteiger partial charge in [0.1, 0.15) is 0 Å². The molecule has 0 saturated carbocycles. The molecule has 0 unspecified atom stereocenters. The molecule has 1 aromatic rings. The Morgan fingerprint density at radius 2 is 2.18 bits per heavy atom. The van der Waals surface area contributed by atoms with Crippen LogP contribution in [0.5, 0.6) is 0 Å². The number of β-amino-alcohol motifs (C(OH)–C–C–N with tert-alkyl or cyclic N) is 1. The highest BCUT2D eigenvalue weighted by Gasteiger charge is 2.27. The third-order valence-electron chi connectivity index (χ3n) is 4.75.